The van der Waals surface area contributed by atoms with Gasteiger partial charge in [0.25, 0.3) is 0 Å². The summed E-state index contributed by atoms with van der Waals surface area (Å²) in [5.74, 6) is 0.316. The number of methoxy groups -OCH3 is 1. The van der Waals surface area contributed by atoms with Crippen LogP contribution in [0.2, 0.25) is 0 Å². The third-order valence-corrected chi connectivity index (χ3v) is 4.22. The molecule has 2 rings (SSSR count). The smallest absolute Gasteiger partial charge is 0.306 e. The maximum Gasteiger partial charge on any atom is 0.306 e. The first-order chi connectivity index (χ1) is 8.90. The number of cyclic esters (lactones) is 1. The van der Waals surface area contributed by atoms with Crippen molar-refractivity contribution in [3.05, 3.63) is 23.8 Å². The first kappa shape index (κ1) is 13.9. The predicted molar refractivity (Wildman–Crippen MR) is 68.9 cm³/mol. The van der Waals surface area contributed by atoms with Crippen LogP contribution in [0.15, 0.2) is 23.1 Å². The molecular formula is C13H16O5S. The first-order valence-corrected chi connectivity index (χ1v) is 7.82. The largest absolute Gasteiger partial charge is 0.495 e. The van der Waals surface area contributed by atoms with Gasteiger partial charge in [-0.3, -0.25) is 4.79 Å². The van der Waals surface area contributed by atoms with Crippen LogP contribution < -0.4 is 4.74 Å². The average Bonchev–Trinajstić information content (AvgIpc) is 2.73. The van der Waals surface area contributed by atoms with E-state index in [9.17, 15) is 13.2 Å². The standard InChI is InChI=1S/C13H16O5S/c1-17-11-6-9(3-4-12(11)19(2,15)16)5-10-7-13(14)18-8-10/h3-4,6,10H,5,7-8H2,1-2H3/t10-/m1/s1. The van der Waals surface area contributed by atoms with Gasteiger partial charge in [-0.15, -0.1) is 0 Å². The Morgan fingerprint density at radius 3 is 2.68 bits per heavy atom. The van der Waals surface area contributed by atoms with Crippen LogP contribution in [0.5, 0.6) is 5.75 Å². The number of carbonyl (C=O) groups excluding carboxylic acids is 1. The van der Waals surface area contributed by atoms with Gasteiger partial charge in [-0.25, -0.2) is 8.42 Å². The average molecular weight is 284 g/mol. The molecular weight excluding hydrogens is 268 g/mol. The van der Waals surface area contributed by atoms with Crippen LogP contribution in [0.25, 0.3) is 0 Å². The van der Waals surface area contributed by atoms with Gasteiger partial charge in [-0.2, -0.15) is 0 Å². The maximum atomic E-state index is 11.6. The summed E-state index contributed by atoms with van der Waals surface area (Å²) in [5.41, 5.74) is 0.938. The van der Waals surface area contributed by atoms with E-state index in [0.717, 1.165) is 11.8 Å². The van der Waals surface area contributed by atoms with E-state index in [-0.39, 0.29) is 16.8 Å². The molecule has 19 heavy (non-hydrogen) atoms. The predicted octanol–water partition coefficient (Wildman–Crippen LogP) is 1.20. The molecule has 104 valence electrons. The molecule has 0 bridgehead atoms. The Morgan fingerprint density at radius 2 is 2.16 bits per heavy atom. The molecule has 1 heterocycles. The summed E-state index contributed by atoms with van der Waals surface area (Å²) in [6, 6.07) is 5.00. The number of ether oxygens (including phenoxy) is 2. The molecule has 5 nitrogen and oxygen atoms in total. The Kier molecular flexibility index (Phi) is 3.80. The van der Waals surface area contributed by atoms with Crippen molar-refractivity contribution >= 4 is 15.8 Å². The summed E-state index contributed by atoms with van der Waals surface area (Å²) in [4.78, 5) is 11.2. The summed E-state index contributed by atoms with van der Waals surface area (Å²) in [5, 5.41) is 0. The highest BCUT2D eigenvalue weighted by atomic mass is 32.2. The second-order valence-electron chi connectivity index (χ2n) is 4.71. The van der Waals surface area contributed by atoms with Gasteiger partial charge in [-0.1, -0.05) is 6.07 Å². The Labute approximate surface area is 112 Å². The van der Waals surface area contributed by atoms with Crippen LogP contribution in [-0.4, -0.2) is 34.4 Å². The van der Waals surface area contributed by atoms with Gasteiger partial charge in [0.15, 0.2) is 9.84 Å². The lowest BCUT2D eigenvalue weighted by atomic mass is 9.98. The molecule has 0 N–H and O–H groups in total. The number of hydrogen-bond acceptors (Lipinski definition) is 5. The fourth-order valence-electron chi connectivity index (χ4n) is 2.17. The molecule has 0 unspecified atom stereocenters. The molecule has 1 aromatic rings. The van der Waals surface area contributed by atoms with Crippen LogP contribution in [0.4, 0.5) is 0 Å². The van der Waals surface area contributed by atoms with Gasteiger partial charge >= 0.3 is 5.97 Å². The minimum absolute atomic E-state index is 0.154. The van der Waals surface area contributed by atoms with Crippen LogP contribution in [0.1, 0.15) is 12.0 Å². The zero-order valence-electron chi connectivity index (χ0n) is 10.9. The second kappa shape index (κ2) is 5.21. The molecule has 6 heteroatoms. The molecule has 1 aliphatic rings. The van der Waals surface area contributed by atoms with E-state index in [2.05, 4.69) is 0 Å². The fourth-order valence-corrected chi connectivity index (χ4v) is 3.00. The molecule has 0 aliphatic carbocycles. The molecule has 0 amide bonds. The van der Waals surface area contributed by atoms with Crippen molar-refractivity contribution < 1.29 is 22.7 Å². The molecule has 0 saturated carbocycles. The van der Waals surface area contributed by atoms with E-state index in [1.54, 1.807) is 18.2 Å². The quantitative estimate of drug-likeness (QED) is 0.777. The van der Waals surface area contributed by atoms with Gasteiger partial charge in [0, 0.05) is 12.2 Å². The van der Waals surface area contributed by atoms with Crippen molar-refractivity contribution in [2.45, 2.75) is 17.7 Å². The fraction of sp³-hybridized carbons (Fsp3) is 0.462. The van der Waals surface area contributed by atoms with Gasteiger partial charge < -0.3 is 9.47 Å². The summed E-state index contributed by atoms with van der Waals surface area (Å²) in [6.45, 7) is 0.426. The monoisotopic (exact) mass is 284 g/mol. The zero-order valence-corrected chi connectivity index (χ0v) is 11.7. The topological polar surface area (TPSA) is 69.7 Å². The molecule has 1 aromatic carbocycles. The summed E-state index contributed by atoms with van der Waals surface area (Å²) < 4.78 is 33.2. The number of benzene rings is 1. The number of rotatable bonds is 4. The lowest BCUT2D eigenvalue weighted by Gasteiger charge is -2.11. The first-order valence-electron chi connectivity index (χ1n) is 5.92. The molecule has 1 aliphatic heterocycles. The zero-order chi connectivity index (χ0) is 14.0. The minimum atomic E-state index is -3.30. The molecule has 1 fully saturated rings. The number of carbonyl (C=O) groups is 1. The third kappa shape index (κ3) is 3.26. The maximum absolute atomic E-state index is 11.6. The SMILES string of the molecule is COc1cc(C[C@H]2COC(=O)C2)ccc1S(C)(=O)=O. The van der Waals surface area contributed by atoms with E-state index in [1.807, 2.05) is 0 Å². The van der Waals surface area contributed by atoms with Crippen LogP contribution in [-0.2, 0) is 25.8 Å². The van der Waals surface area contributed by atoms with Crippen molar-refractivity contribution in [3.63, 3.8) is 0 Å². The number of esters is 1. The van der Waals surface area contributed by atoms with Crippen molar-refractivity contribution in [2.24, 2.45) is 5.92 Å². The summed E-state index contributed by atoms with van der Waals surface area (Å²) >= 11 is 0. The molecule has 0 aromatic heterocycles. The van der Waals surface area contributed by atoms with Gasteiger partial charge in [0.05, 0.1) is 20.1 Å². The normalized spacial score (nSPS) is 19.3. The highest BCUT2D eigenvalue weighted by molar-refractivity contribution is 7.90. The van der Waals surface area contributed by atoms with Crippen LogP contribution >= 0.6 is 0 Å². The van der Waals surface area contributed by atoms with Gasteiger partial charge in [0.2, 0.25) is 0 Å². The van der Waals surface area contributed by atoms with Crippen molar-refractivity contribution in [1.82, 2.24) is 0 Å². The van der Waals surface area contributed by atoms with Crippen molar-refractivity contribution in [2.75, 3.05) is 20.0 Å². The van der Waals surface area contributed by atoms with E-state index in [0.29, 0.717) is 25.2 Å². The van der Waals surface area contributed by atoms with E-state index < -0.39 is 9.84 Å². The molecule has 1 atom stereocenters. The van der Waals surface area contributed by atoms with Gasteiger partial charge in [0.1, 0.15) is 10.6 Å². The summed E-state index contributed by atoms with van der Waals surface area (Å²) in [7, 11) is -1.86. The Hall–Kier alpha value is -1.56. The summed E-state index contributed by atoms with van der Waals surface area (Å²) in [6.07, 6.45) is 2.23. The lowest BCUT2D eigenvalue weighted by Crippen LogP contribution is -2.06. The molecule has 0 radical (unpaired) electrons. The Balaban J connectivity index is 2.22. The Morgan fingerprint density at radius 1 is 1.42 bits per heavy atom. The number of hydrogen-bond donors (Lipinski definition) is 0. The highest BCUT2D eigenvalue weighted by Gasteiger charge is 2.24. The Bertz CT molecular complexity index is 591. The second-order valence-corrected chi connectivity index (χ2v) is 6.70. The lowest BCUT2D eigenvalue weighted by molar-refractivity contribution is -0.137. The minimum Gasteiger partial charge on any atom is -0.495 e. The van der Waals surface area contributed by atoms with Crippen molar-refractivity contribution in [1.29, 1.82) is 0 Å². The number of sulfone groups is 1. The van der Waals surface area contributed by atoms with Crippen LogP contribution in [0, 0.1) is 5.92 Å². The van der Waals surface area contributed by atoms with Crippen molar-refractivity contribution in [3.8, 4) is 5.75 Å². The third-order valence-electron chi connectivity index (χ3n) is 3.09. The van der Waals surface area contributed by atoms with E-state index >= 15 is 0 Å². The molecule has 0 spiro atoms. The van der Waals surface area contributed by atoms with E-state index in [1.165, 1.54) is 7.11 Å². The van der Waals surface area contributed by atoms with Gasteiger partial charge in [-0.05, 0) is 24.1 Å². The molecule has 1 saturated heterocycles. The highest BCUT2D eigenvalue weighted by Crippen LogP contribution is 2.27. The van der Waals surface area contributed by atoms with E-state index in [4.69, 9.17) is 9.47 Å². The van der Waals surface area contributed by atoms with Crippen LogP contribution in [0.3, 0.4) is 0 Å².